The van der Waals surface area contributed by atoms with Gasteiger partial charge in [-0.25, -0.2) is 0 Å². The molecule has 2 unspecified atom stereocenters. The highest BCUT2D eigenvalue weighted by molar-refractivity contribution is 5.84. The smallest absolute Gasteiger partial charge is 0.306 e. The number of ketones is 1. The van der Waals surface area contributed by atoms with Crippen LogP contribution < -0.4 is 0 Å². The van der Waals surface area contributed by atoms with E-state index in [1.54, 1.807) is 6.92 Å². The predicted molar refractivity (Wildman–Crippen MR) is 67.3 cm³/mol. The lowest BCUT2D eigenvalue weighted by Gasteiger charge is -2.36. The van der Waals surface area contributed by atoms with Crippen LogP contribution in [0.1, 0.15) is 33.6 Å². The highest BCUT2D eigenvalue weighted by Crippen LogP contribution is 2.11. The molecule has 104 valence electrons. The highest BCUT2D eigenvalue weighted by atomic mass is 16.5. The molecule has 1 saturated heterocycles. The van der Waals surface area contributed by atoms with Gasteiger partial charge in [-0.3, -0.25) is 14.5 Å². The quantitative estimate of drug-likeness (QED) is 0.665. The summed E-state index contributed by atoms with van der Waals surface area (Å²) in [6.45, 7) is 8.00. The molecule has 0 N–H and O–H groups in total. The molecule has 0 bridgehead atoms. The zero-order valence-electron chi connectivity index (χ0n) is 11.5. The van der Waals surface area contributed by atoms with Crippen molar-refractivity contribution in [2.45, 2.75) is 45.8 Å². The molecule has 0 amide bonds. The van der Waals surface area contributed by atoms with Crippen molar-refractivity contribution in [3.05, 3.63) is 0 Å². The molecule has 1 heterocycles. The summed E-state index contributed by atoms with van der Waals surface area (Å²) in [5.41, 5.74) is 0. The number of nitrogens with zero attached hydrogens (tertiary/aromatic N) is 1. The fourth-order valence-electron chi connectivity index (χ4n) is 1.97. The van der Waals surface area contributed by atoms with E-state index in [4.69, 9.17) is 9.47 Å². The van der Waals surface area contributed by atoms with Gasteiger partial charge in [0.25, 0.3) is 0 Å². The summed E-state index contributed by atoms with van der Waals surface area (Å²) in [4.78, 5) is 25.0. The second-order valence-electron chi connectivity index (χ2n) is 4.77. The summed E-state index contributed by atoms with van der Waals surface area (Å²) in [6, 6.07) is 0.257. The summed E-state index contributed by atoms with van der Waals surface area (Å²) in [5, 5.41) is 0. The largest absolute Gasteiger partial charge is 0.466 e. The van der Waals surface area contributed by atoms with Gasteiger partial charge in [0.05, 0.1) is 32.3 Å². The molecule has 1 rings (SSSR count). The second kappa shape index (κ2) is 7.48. The fourth-order valence-corrected chi connectivity index (χ4v) is 1.97. The van der Waals surface area contributed by atoms with E-state index in [9.17, 15) is 9.59 Å². The number of Topliss-reactive ketones (excluding diaryl/α,β-unsaturated/α-hetero) is 1. The van der Waals surface area contributed by atoms with Crippen LogP contribution in [0.25, 0.3) is 0 Å². The Morgan fingerprint density at radius 1 is 1.33 bits per heavy atom. The van der Waals surface area contributed by atoms with E-state index in [2.05, 4.69) is 4.90 Å². The standard InChI is InChI=1S/C13H23NO4/c1-4-17-13(16)6-5-12(15)8-14-7-11(3)18-9-10(14)2/h10-11H,4-9H2,1-3H3. The van der Waals surface area contributed by atoms with E-state index in [-0.39, 0.29) is 36.7 Å². The fraction of sp³-hybridized carbons (Fsp3) is 0.846. The highest BCUT2D eigenvalue weighted by Gasteiger charge is 2.25. The SMILES string of the molecule is CCOC(=O)CCC(=O)CN1CC(C)OCC1C. The molecule has 1 aliphatic heterocycles. The first kappa shape index (κ1) is 15.1. The van der Waals surface area contributed by atoms with E-state index in [1.165, 1.54) is 0 Å². The average Bonchev–Trinajstić information content (AvgIpc) is 2.32. The van der Waals surface area contributed by atoms with Gasteiger partial charge in [-0.2, -0.15) is 0 Å². The first-order valence-electron chi connectivity index (χ1n) is 6.56. The predicted octanol–water partition coefficient (Wildman–Crippen LogP) is 1.01. The van der Waals surface area contributed by atoms with Crippen molar-refractivity contribution >= 4 is 11.8 Å². The number of ether oxygens (including phenoxy) is 2. The normalized spacial score (nSPS) is 24.8. The van der Waals surface area contributed by atoms with Crippen molar-refractivity contribution in [1.29, 1.82) is 0 Å². The molecule has 0 aromatic carbocycles. The molecular weight excluding hydrogens is 234 g/mol. The number of hydrogen-bond donors (Lipinski definition) is 0. The Morgan fingerprint density at radius 2 is 2.06 bits per heavy atom. The maximum absolute atomic E-state index is 11.8. The van der Waals surface area contributed by atoms with Crippen LogP contribution in [0.3, 0.4) is 0 Å². The number of morpholine rings is 1. The maximum Gasteiger partial charge on any atom is 0.306 e. The Kier molecular flexibility index (Phi) is 6.29. The van der Waals surface area contributed by atoms with Crippen LogP contribution in [0.2, 0.25) is 0 Å². The minimum Gasteiger partial charge on any atom is -0.466 e. The Bertz CT molecular complexity index is 293. The molecule has 5 nitrogen and oxygen atoms in total. The molecule has 0 aromatic rings. The lowest BCUT2D eigenvalue weighted by Crippen LogP contribution is -2.49. The van der Waals surface area contributed by atoms with Crippen molar-refractivity contribution in [2.24, 2.45) is 0 Å². The number of carbonyl (C=O) groups excluding carboxylic acids is 2. The van der Waals surface area contributed by atoms with E-state index in [0.29, 0.717) is 19.8 Å². The zero-order valence-corrected chi connectivity index (χ0v) is 11.5. The van der Waals surface area contributed by atoms with Crippen LogP contribution in [0.15, 0.2) is 0 Å². The Labute approximate surface area is 108 Å². The Morgan fingerprint density at radius 3 is 2.72 bits per heavy atom. The lowest BCUT2D eigenvalue weighted by molar-refractivity contribution is -0.144. The average molecular weight is 257 g/mol. The minimum absolute atomic E-state index is 0.0870. The molecule has 0 radical (unpaired) electrons. The number of rotatable bonds is 6. The van der Waals surface area contributed by atoms with Gasteiger partial charge in [0.2, 0.25) is 0 Å². The molecule has 18 heavy (non-hydrogen) atoms. The van der Waals surface area contributed by atoms with Gasteiger partial charge < -0.3 is 9.47 Å². The van der Waals surface area contributed by atoms with E-state index in [0.717, 1.165) is 6.54 Å². The number of esters is 1. The third-order valence-corrected chi connectivity index (χ3v) is 3.03. The number of carbonyl (C=O) groups is 2. The van der Waals surface area contributed by atoms with Gasteiger partial charge in [-0.15, -0.1) is 0 Å². The molecule has 1 aliphatic rings. The summed E-state index contributed by atoms with van der Waals surface area (Å²) >= 11 is 0. The van der Waals surface area contributed by atoms with Gasteiger partial charge in [-0.1, -0.05) is 0 Å². The third-order valence-electron chi connectivity index (χ3n) is 3.03. The molecule has 0 aromatic heterocycles. The molecule has 1 fully saturated rings. The van der Waals surface area contributed by atoms with Crippen molar-refractivity contribution < 1.29 is 19.1 Å². The number of hydrogen-bond acceptors (Lipinski definition) is 5. The van der Waals surface area contributed by atoms with Crippen LogP contribution in [-0.4, -0.2) is 55.1 Å². The van der Waals surface area contributed by atoms with Crippen molar-refractivity contribution in [3.8, 4) is 0 Å². The topological polar surface area (TPSA) is 55.8 Å². The molecule has 0 spiro atoms. The second-order valence-corrected chi connectivity index (χ2v) is 4.77. The van der Waals surface area contributed by atoms with Crippen molar-refractivity contribution in [1.82, 2.24) is 4.90 Å². The first-order chi connectivity index (χ1) is 8.52. The van der Waals surface area contributed by atoms with Crippen molar-refractivity contribution in [2.75, 3.05) is 26.3 Å². The third kappa shape index (κ3) is 5.14. The summed E-state index contributed by atoms with van der Waals surface area (Å²) in [6.07, 6.45) is 0.608. The Hall–Kier alpha value is -0.940. The Balaban J connectivity index is 2.28. The van der Waals surface area contributed by atoms with E-state index >= 15 is 0 Å². The molecule has 0 aliphatic carbocycles. The van der Waals surface area contributed by atoms with Crippen LogP contribution in [0.5, 0.6) is 0 Å². The first-order valence-corrected chi connectivity index (χ1v) is 6.56. The molecule has 2 atom stereocenters. The van der Waals surface area contributed by atoms with Gasteiger partial charge in [-0.05, 0) is 20.8 Å². The summed E-state index contributed by atoms with van der Waals surface area (Å²) < 4.78 is 10.3. The summed E-state index contributed by atoms with van der Waals surface area (Å²) in [5.74, 6) is -0.210. The molecule has 0 saturated carbocycles. The van der Waals surface area contributed by atoms with Crippen LogP contribution in [-0.2, 0) is 19.1 Å². The van der Waals surface area contributed by atoms with Crippen LogP contribution in [0, 0.1) is 0 Å². The van der Waals surface area contributed by atoms with Crippen LogP contribution >= 0.6 is 0 Å². The van der Waals surface area contributed by atoms with Gasteiger partial charge in [0.15, 0.2) is 0 Å². The summed E-state index contributed by atoms with van der Waals surface area (Å²) in [7, 11) is 0. The van der Waals surface area contributed by atoms with E-state index < -0.39 is 0 Å². The minimum atomic E-state index is -0.297. The molecule has 5 heteroatoms. The van der Waals surface area contributed by atoms with Gasteiger partial charge in [0, 0.05) is 19.0 Å². The van der Waals surface area contributed by atoms with Gasteiger partial charge in [0.1, 0.15) is 5.78 Å². The monoisotopic (exact) mass is 257 g/mol. The van der Waals surface area contributed by atoms with E-state index in [1.807, 2.05) is 13.8 Å². The van der Waals surface area contributed by atoms with Crippen LogP contribution in [0.4, 0.5) is 0 Å². The lowest BCUT2D eigenvalue weighted by atomic mass is 10.1. The zero-order chi connectivity index (χ0) is 13.5. The molecular formula is C13H23NO4. The van der Waals surface area contributed by atoms with Gasteiger partial charge >= 0.3 is 5.97 Å². The van der Waals surface area contributed by atoms with Crippen molar-refractivity contribution in [3.63, 3.8) is 0 Å². The maximum atomic E-state index is 11.8.